The normalized spacial score (nSPS) is 14.5. The molecule has 0 saturated carbocycles. The zero-order valence-corrected chi connectivity index (χ0v) is 12.2. The van der Waals surface area contributed by atoms with E-state index in [1.165, 1.54) is 12.1 Å². The summed E-state index contributed by atoms with van der Waals surface area (Å²) in [5, 5.41) is 3.43. The zero-order chi connectivity index (χ0) is 15.7. The number of aromatic nitrogens is 1. The summed E-state index contributed by atoms with van der Waals surface area (Å²) in [7, 11) is 0. The van der Waals surface area contributed by atoms with E-state index in [0.717, 1.165) is 11.8 Å². The van der Waals surface area contributed by atoms with Gasteiger partial charge in [-0.1, -0.05) is 11.6 Å². The number of alkyl halides is 3. The Hall–Kier alpha value is -1.95. The van der Waals surface area contributed by atoms with Gasteiger partial charge in [0, 0.05) is 30.9 Å². The first-order valence-electron chi connectivity index (χ1n) is 6.74. The fourth-order valence-electron chi connectivity index (χ4n) is 2.56. The maximum atomic E-state index is 13.1. The second-order valence-corrected chi connectivity index (χ2v) is 5.46. The molecule has 22 heavy (non-hydrogen) atoms. The van der Waals surface area contributed by atoms with Crippen molar-refractivity contribution in [3.63, 3.8) is 0 Å². The van der Waals surface area contributed by atoms with E-state index in [1.54, 1.807) is 12.3 Å². The fraction of sp³-hybridized carbons (Fsp3) is 0.267. The van der Waals surface area contributed by atoms with Gasteiger partial charge in [-0.2, -0.15) is 13.2 Å². The third kappa shape index (κ3) is 2.97. The summed E-state index contributed by atoms with van der Waals surface area (Å²) in [5.41, 5.74) is 0.305. The van der Waals surface area contributed by atoms with Crippen LogP contribution in [0.15, 0.2) is 36.5 Å². The molecule has 2 aromatic rings. The van der Waals surface area contributed by atoms with Crippen LogP contribution >= 0.6 is 11.6 Å². The van der Waals surface area contributed by atoms with Crippen LogP contribution < -0.4 is 10.2 Å². The predicted molar refractivity (Wildman–Crippen MR) is 80.2 cm³/mol. The molecule has 2 heterocycles. The molecule has 0 aliphatic carbocycles. The van der Waals surface area contributed by atoms with Crippen LogP contribution in [0.2, 0.25) is 5.02 Å². The Morgan fingerprint density at radius 3 is 2.86 bits per heavy atom. The predicted octanol–water partition coefficient (Wildman–Crippen LogP) is 4.19. The third-order valence-corrected chi connectivity index (χ3v) is 3.77. The van der Waals surface area contributed by atoms with Gasteiger partial charge in [-0.3, -0.25) is 0 Å². The van der Waals surface area contributed by atoms with Crippen molar-refractivity contribution >= 4 is 23.1 Å². The van der Waals surface area contributed by atoms with E-state index in [9.17, 15) is 13.2 Å². The van der Waals surface area contributed by atoms with Crippen LogP contribution in [0.25, 0.3) is 0 Å². The summed E-state index contributed by atoms with van der Waals surface area (Å²) in [5.74, 6) is 0.685. The Kier molecular flexibility index (Phi) is 3.87. The van der Waals surface area contributed by atoms with Crippen LogP contribution in [0, 0.1) is 0 Å². The highest BCUT2D eigenvalue weighted by Gasteiger charge is 2.34. The molecule has 1 aliphatic heterocycles. The van der Waals surface area contributed by atoms with Crippen molar-refractivity contribution in [2.75, 3.05) is 23.3 Å². The van der Waals surface area contributed by atoms with Gasteiger partial charge in [-0.15, -0.1) is 0 Å². The lowest BCUT2D eigenvalue weighted by molar-refractivity contribution is -0.138. The summed E-state index contributed by atoms with van der Waals surface area (Å²) in [6.07, 6.45) is -2.75. The van der Waals surface area contributed by atoms with Gasteiger partial charge in [-0.25, -0.2) is 4.98 Å². The van der Waals surface area contributed by atoms with E-state index >= 15 is 0 Å². The molecule has 0 fully saturated rings. The average Bonchev–Trinajstić information content (AvgIpc) is 2.46. The molecule has 3 nitrogen and oxygen atoms in total. The molecule has 3 rings (SSSR count). The number of nitrogens with zero attached hydrogens (tertiary/aromatic N) is 2. The Balaban J connectivity index is 1.96. The second kappa shape index (κ2) is 5.68. The van der Waals surface area contributed by atoms with Crippen LogP contribution in [0.1, 0.15) is 11.1 Å². The highest BCUT2D eigenvalue weighted by molar-refractivity contribution is 6.30. The van der Waals surface area contributed by atoms with E-state index in [1.807, 2.05) is 11.0 Å². The molecule has 0 bridgehead atoms. The highest BCUT2D eigenvalue weighted by Crippen LogP contribution is 2.35. The molecule has 1 aromatic heterocycles. The quantitative estimate of drug-likeness (QED) is 0.896. The van der Waals surface area contributed by atoms with Crippen LogP contribution in [-0.2, 0) is 12.7 Å². The molecule has 0 amide bonds. The molecule has 0 spiro atoms. The van der Waals surface area contributed by atoms with Crippen LogP contribution in [0.3, 0.4) is 0 Å². The average molecular weight is 328 g/mol. The van der Waals surface area contributed by atoms with Crippen molar-refractivity contribution in [2.45, 2.75) is 12.7 Å². The van der Waals surface area contributed by atoms with E-state index in [0.29, 0.717) is 23.9 Å². The molecule has 0 atom stereocenters. The first-order valence-corrected chi connectivity index (χ1v) is 7.12. The Labute approximate surface area is 130 Å². The molecule has 0 unspecified atom stereocenters. The van der Waals surface area contributed by atoms with Crippen molar-refractivity contribution in [2.24, 2.45) is 0 Å². The lowest BCUT2D eigenvalue weighted by Crippen LogP contribution is -2.34. The number of hydrogen-bond acceptors (Lipinski definition) is 3. The minimum Gasteiger partial charge on any atom is -0.367 e. The monoisotopic (exact) mass is 327 g/mol. The number of nitrogens with one attached hydrogen (secondary N) is 1. The first kappa shape index (κ1) is 15.0. The van der Waals surface area contributed by atoms with Gasteiger partial charge in [-0.05, 0) is 35.9 Å². The molecule has 1 N–H and O–H groups in total. The topological polar surface area (TPSA) is 28.2 Å². The summed E-state index contributed by atoms with van der Waals surface area (Å²) in [6, 6.07) is 7.28. The van der Waals surface area contributed by atoms with Gasteiger partial charge in [0.15, 0.2) is 0 Å². The summed E-state index contributed by atoms with van der Waals surface area (Å²) in [4.78, 5) is 6.07. The largest absolute Gasteiger partial charge is 0.416 e. The number of anilines is 2. The molecular weight excluding hydrogens is 315 g/mol. The summed E-state index contributed by atoms with van der Waals surface area (Å²) in [6.45, 7) is 1.37. The minimum absolute atomic E-state index is 0.135. The molecule has 1 aliphatic rings. The first-order chi connectivity index (χ1) is 10.4. The van der Waals surface area contributed by atoms with Crippen LogP contribution in [0.5, 0.6) is 0 Å². The van der Waals surface area contributed by atoms with Crippen molar-refractivity contribution in [3.8, 4) is 0 Å². The molecule has 1 aromatic carbocycles. The molecule has 7 heteroatoms. The number of pyridine rings is 1. The molecule has 116 valence electrons. The van der Waals surface area contributed by atoms with Crippen LogP contribution in [0.4, 0.5) is 24.7 Å². The van der Waals surface area contributed by atoms with Gasteiger partial charge in [0.1, 0.15) is 5.82 Å². The molecule has 0 saturated heterocycles. The van der Waals surface area contributed by atoms with Crippen molar-refractivity contribution in [1.82, 2.24) is 4.98 Å². The maximum absolute atomic E-state index is 13.1. The lowest BCUT2D eigenvalue weighted by atomic mass is 10.1. The number of halogens is 4. The Morgan fingerprint density at radius 1 is 1.27 bits per heavy atom. The highest BCUT2D eigenvalue weighted by atomic mass is 35.5. The second-order valence-electron chi connectivity index (χ2n) is 5.02. The van der Waals surface area contributed by atoms with Gasteiger partial charge in [0.2, 0.25) is 0 Å². The Morgan fingerprint density at radius 2 is 2.09 bits per heavy atom. The number of hydrogen-bond donors (Lipinski definition) is 1. The van der Waals surface area contributed by atoms with E-state index in [2.05, 4.69) is 10.3 Å². The van der Waals surface area contributed by atoms with Crippen molar-refractivity contribution < 1.29 is 13.2 Å². The van der Waals surface area contributed by atoms with Gasteiger partial charge in [0.25, 0.3) is 0 Å². The fourth-order valence-corrected chi connectivity index (χ4v) is 2.75. The number of rotatable bonds is 2. The van der Waals surface area contributed by atoms with Crippen LogP contribution in [-0.4, -0.2) is 18.1 Å². The standard InChI is InChI=1S/C15H13ClF3N3/c16-11-3-4-12(15(17,18)19)10(8-11)9-22-7-6-21-14-13(22)2-1-5-20-14/h1-5,8H,6-7,9H2,(H,20,21). The number of fused-ring (bicyclic) bond motifs is 1. The third-order valence-electron chi connectivity index (χ3n) is 3.54. The van der Waals surface area contributed by atoms with Crippen molar-refractivity contribution in [1.29, 1.82) is 0 Å². The van der Waals surface area contributed by atoms with E-state index < -0.39 is 11.7 Å². The van der Waals surface area contributed by atoms with Gasteiger partial charge >= 0.3 is 6.18 Å². The Bertz CT molecular complexity index is 688. The molecular formula is C15H13ClF3N3. The SMILES string of the molecule is FC(F)(F)c1ccc(Cl)cc1CN1CCNc2ncccc21. The minimum atomic E-state index is -4.40. The summed E-state index contributed by atoms with van der Waals surface area (Å²) >= 11 is 5.87. The van der Waals surface area contributed by atoms with E-state index in [4.69, 9.17) is 11.6 Å². The van der Waals surface area contributed by atoms with Gasteiger partial charge < -0.3 is 10.2 Å². The lowest BCUT2D eigenvalue weighted by Gasteiger charge is -2.32. The van der Waals surface area contributed by atoms with Gasteiger partial charge in [0.05, 0.1) is 11.3 Å². The smallest absolute Gasteiger partial charge is 0.367 e. The van der Waals surface area contributed by atoms with E-state index in [-0.39, 0.29) is 12.1 Å². The summed E-state index contributed by atoms with van der Waals surface area (Å²) < 4.78 is 39.4. The maximum Gasteiger partial charge on any atom is 0.416 e. The zero-order valence-electron chi connectivity index (χ0n) is 11.5. The number of benzene rings is 1. The van der Waals surface area contributed by atoms with Crippen molar-refractivity contribution in [3.05, 3.63) is 52.7 Å². The molecule has 0 radical (unpaired) electrons.